The van der Waals surface area contributed by atoms with Gasteiger partial charge in [0, 0.05) is 22.9 Å². The smallest absolute Gasteiger partial charge is 0.200 e. The fourth-order valence-electron chi connectivity index (χ4n) is 5.13. The van der Waals surface area contributed by atoms with Gasteiger partial charge in [-0.15, -0.1) is 11.3 Å². The first-order chi connectivity index (χ1) is 15.0. The first-order valence-electron chi connectivity index (χ1n) is 11.4. The molecule has 0 amide bonds. The summed E-state index contributed by atoms with van der Waals surface area (Å²) in [7, 11) is 2.14. The molecule has 0 spiro atoms. The minimum atomic E-state index is -0.394. The van der Waals surface area contributed by atoms with Crippen LogP contribution in [0.25, 0.3) is 42.2 Å². The molecule has 6 rings (SSSR count). The summed E-state index contributed by atoms with van der Waals surface area (Å²) in [6, 6.07) is 22.2. The highest BCUT2D eigenvalue weighted by Gasteiger charge is 2.22. The summed E-state index contributed by atoms with van der Waals surface area (Å²) in [5.41, 5.74) is 5.07. The average molecular weight is 410 g/mol. The second-order valence-electron chi connectivity index (χ2n) is 8.62. The van der Waals surface area contributed by atoms with E-state index in [9.17, 15) is 0 Å². The van der Waals surface area contributed by atoms with E-state index in [0.29, 0.717) is 0 Å². The third-order valence-electron chi connectivity index (χ3n) is 6.76. The Morgan fingerprint density at radius 2 is 1.67 bits per heavy atom. The van der Waals surface area contributed by atoms with Crippen LogP contribution in [0, 0.1) is 6.92 Å². The van der Waals surface area contributed by atoms with E-state index in [-0.39, 0.29) is 0 Å². The third kappa shape index (κ3) is 2.70. The van der Waals surface area contributed by atoms with Gasteiger partial charge in [-0.3, -0.25) is 0 Å². The van der Waals surface area contributed by atoms with E-state index in [1.54, 1.807) is 0 Å². The van der Waals surface area contributed by atoms with Crippen molar-refractivity contribution in [1.29, 1.82) is 0 Å². The summed E-state index contributed by atoms with van der Waals surface area (Å²) in [5.74, 6) is -0.394. The monoisotopic (exact) mass is 409 g/mol. The third-order valence-corrected chi connectivity index (χ3v) is 8.02. The van der Waals surface area contributed by atoms with E-state index >= 15 is 0 Å². The Morgan fingerprint density at radius 3 is 2.50 bits per heavy atom. The molecular weight excluding hydrogens is 382 g/mol. The Kier molecular flexibility index (Phi) is 3.93. The lowest BCUT2D eigenvalue weighted by Gasteiger charge is -2.10. The second kappa shape index (κ2) is 6.92. The summed E-state index contributed by atoms with van der Waals surface area (Å²) < 4.78 is 13.9. The Bertz CT molecular complexity index is 1470. The molecule has 0 radical (unpaired) electrons. The van der Waals surface area contributed by atoms with E-state index in [4.69, 9.17) is 1.37 Å². The van der Waals surface area contributed by atoms with Gasteiger partial charge in [0.25, 0.3) is 0 Å². The van der Waals surface area contributed by atoms with Crippen molar-refractivity contribution in [2.75, 3.05) is 0 Å². The summed E-state index contributed by atoms with van der Waals surface area (Å²) in [4.78, 5) is 0. The van der Waals surface area contributed by atoms with Crippen molar-refractivity contribution in [3.05, 3.63) is 78.0 Å². The second-order valence-corrected chi connectivity index (χ2v) is 9.64. The van der Waals surface area contributed by atoms with Crippen LogP contribution in [0.2, 0.25) is 0 Å². The molecule has 0 aliphatic heterocycles. The van der Waals surface area contributed by atoms with Crippen molar-refractivity contribution in [2.24, 2.45) is 7.05 Å². The topological polar surface area (TPSA) is 3.88 Å². The summed E-state index contributed by atoms with van der Waals surface area (Å²) in [5, 5.41) is 5.23. The van der Waals surface area contributed by atoms with Crippen molar-refractivity contribution in [3.63, 3.8) is 0 Å². The number of aryl methyl sites for hydroxylation is 2. The van der Waals surface area contributed by atoms with Crippen molar-refractivity contribution in [3.8, 4) is 11.3 Å². The van der Waals surface area contributed by atoms with Crippen molar-refractivity contribution in [1.82, 2.24) is 0 Å². The first kappa shape index (κ1) is 17.0. The molecule has 1 aliphatic rings. The molecule has 1 nitrogen and oxygen atoms in total. The van der Waals surface area contributed by atoms with Crippen LogP contribution in [0.15, 0.2) is 66.9 Å². The highest BCUT2D eigenvalue weighted by molar-refractivity contribution is 7.27. The maximum Gasteiger partial charge on any atom is 0.230 e. The lowest BCUT2D eigenvalue weighted by atomic mass is 9.94. The predicted molar refractivity (Wildman–Crippen MR) is 129 cm³/mol. The molecular formula is C28H26NS+. The molecule has 1 fully saturated rings. The molecule has 0 atom stereocenters. The minimum absolute atomic E-state index is 0.394. The van der Waals surface area contributed by atoms with Gasteiger partial charge < -0.3 is 0 Å². The fourth-order valence-corrected chi connectivity index (χ4v) is 6.55. The Labute approximate surface area is 183 Å². The van der Waals surface area contributed by atoms with Gasteiger partial charge in [-0.25, -0.2) is 0 Å². The Morgan fingerprint density at radius 1 is 0.900 bits per heavy atom. The van der Waals surface area contributed by atoms with Gasteiger partial charge in [-0.05, 0) is 53.6 Å². The number of aromatic nitrogens is 1. The fraction of sp³-hybridized carbons (Fsp3) is 0.250. The number of nitrogens with zero attached hydrogens (tertiary/aromatic N) is 1. The number of hydrogen-bond acceptors (Lipinski definition) is 1. The minimum Gasteiger partial charge on any atom is -0.200 e. The SMILES string of the molecule is [2H]C1(c2ccc3c(ccc4c5cc[n+](C)c(-c6ccccc6C)c5sc34)c2)CCCC1. The number of thiophene rings is 1. The van der Waals surface area contributed by atoms with Gasteiger partial charge in [0.05, 0.1) is 5.56 Å². The van der Waals surface area contributed by atoms with Crippen LogP contribution in [-0.4, -0.2) is 0 Å². The molecule has 0 unspecified atom stereocenters. The molecule has 1 saturated carbocycles. The van der Waals surface area contributed by atoms with Crippen LogP contribution in [0.4, 0.5) is 0 Å². The van der Waals surface area contributed by atoms with Crippen LogP contribution in [-0.2, 0) is 7.05 Å². The van der Waals surface area contributed by atoms with Crippen LogP contribution in [0.1, 0.15) is 44.1 Å². The number of rotatable bonds is 2. The lowest BCUT2D eigenvalue weighted by Crippen LogP contribution is -2.30. The molecule has 5 aromatic rings. The van der Waals surface area contributed by atoms with Crippen LogP contribution < -0.4 is 4.57 Å². The molecule has 3 aromatic carbocycles. The zero-order chi connectivity index (χ0) is 21.2. The Balaban J connectivity index is 1.63. The van der Waals surface area contributed by atoms with Gasteiger partial charge >= 0.3 is 0 Å². The summed E-state index contributed by atoms with van der Waals surface area (Å²) in [6.07, 6.45) is 6.51. The van der Waals surface area contributed by atoms with Gasteiger partial charge in [-0.1, -0.05) is 61.4 Å². The molecule has 0 saturated heterocycles. The molecule has 148 valence electrons. The van der Waals surface area contributed by atoms with Crippen LogP contribution in [0.3, 0.4) is 0 Å². The van der Waals surface area contributed by atoms with Gasteiger partial charge in [-0.2, -0.15) is 4.57 Å². The largest absolute Gasteiger partial charge is 0.230 e. The van der Waals surface area contributed by atoms with Crippen molar-refractivity contribution < 1.29 is 5.94 Å². The highest BCUT2D eigenvalue weighted by Crippen LogP contribution is 2.43. The average Bonchev–Trinajstić information content (AvgIpc) is 3.38. The van der Waals surface area contributed by atoms with Crippen LogP contribution in [0.5, 0.6) is 0 Å². The van der Waals surface area contributed by atoms with Crippen molar-refractivity contribution in [2.45, 2.75) is 38.5 Å². The molecule has 1 aliphatic carbocycles. The van der Waals surface area contributed by atoms with Crippen LogP contribution >= 0.6 is 11.3 Å². The normalized spacial score (nSPS) is 16.5. The number of benzene rings is 3. The van der Waals surface area contributed by atoms with E-state index in [1.807, 2.05) is 11.3 Å². The number of fused-ring (bicyclic) bond motifs is 5. The van der Waals surface area contributed by atoms with Gasteiger partial charge in [0.2, 0.25) is 5.69 Å². The number of pyridine rings is 1. The predicted octanol–water partition coefficient (Wildman–Crippen LogP) is 7.67. The zero-order valence-corrected chi connectivity index (χ0v) is 18.4. The first-order valence-corrected chi connectivity index (χ1v) is 11.7. The summed E-state index contributed by atoms with van der Waals surface area (Å²) in [6.45, 7) is 2.19. The van der Waals surface area contributed by atoms with E-state index in [0.717, 1.165) is 12.8 Å². The Hall–Kier alpha value is -2.71. The molecule has 2 aromatic heterocycles. The van der Waals surface area contributed by atoms with E-state index < -0.39 is 5.89 Å². The maximum atomic E-state index is 8.91. The molecule has 30 heavy (non-hydrogen) atoms. The molecule has 0 N–H and O–H groups in total. The lowest BCUT2D eigenvalue weighted by molar-refractivity contribution is -0.659. The quantitative estimate of drug-likeness (QED) is 0.263. The zero-order valence-electron chi connectivity index (χ0n) is 18.5. The maximum absolute atomic E-state index is 8.91. The molecule has 2 heteroatoms. The standard InChI is InChI=1S/C28H26NS/c1-18-7-3-6-10-22(18)26-28-25(15-16-29(26)2)24-14-12-21-17-20(19-8-4-5-9-19)11-13-23(21)27(24)30-28/h3,6-7,10-17,19H,4-5,8-9H2,1-2H3/q+1/i19D. The molecule has 2 heterocycles. The van der Waals surface area contributed by atoms with E-state index in [1.165, 1.54) is 66.2 Å². The molecule has 0 bridgehead atoms. The van der Waals surface area contributed by atoms with Gasteiger partial charge in [0.15, 0.2) is 6.20 Å². The van der Waals surface area contributed by atoms with Gasteiger partial charge in [0.1, 0.15) is 11.7 Å². The summed E-state index contributed by atoms with van der Waals surface area (Å²) >= 11 is 1.90. The van der Waals surface area contributed by atoms with Crippen molar-refractivity contribution >= 4 is 42.3 Å². The number of hydrogen-bond donors (Lipinski definition) is 0. The highest BCUT2D eigenvalue weighted by atomic mass is 32.1. The van der Waals surface area contributed by atoms with E-state index in [2.05, 4.69) is 85.4 Å².